The number of thioether (sulfide) groups is 1. The molecule has 3 aromatic rings. The Morgan fingerprint density at radius 1 is 1.20 bits per heavy atom. The van der Waals surface area contributed by atoms with Crippen LogP contribution in [0.5, 0.6) is 0 Å². The van der Waals surface area contributed by atoms with Gasteiger partial charge in [-0.05, 0) is 52.3 Å². The Labute approximate surface area is 154 Å². The smallest absolute Gasteiger partial charge is 0.313 e. The summed E-state index contributed by atoms with van der Waals surface area (Å²) in [5.41, 5.74) is 2.54. The van der Waals surface area contributed by atoms with E-state index in [-0.39, 0.29) is 11.0 Å². The van der Waals surface area contributed by atoms with E-state index >= 15 is 0 Å². The van der Waals surface area contributed by atoms with Gasteiger partial charge in [-0.15, -0.1) is 10.2 Å². The van der Waals surface area contributed by atoms with Crippen LogP contribution in [-0.4, -0.2) is 31.6 Å². The summed E-state index contributed by atoms with van der Waals surface area (Å²) >= 11 is 7.31. The molecule has 0 saturated heterocycles. The van der Waals surface area contributed by atoms with Crippen LogP contribution in [0, 0.1) is 0 Å². The summed E-state index contributed by atoms with van der Waals surface area (Å²) < 4.78 is 1.76. The third-order valence-corrected chi connectivity index (χ3v) is 5.62. The molecule has 0 radical (unpaired) electrons. The molecule has 7 heteroatoms. The van der Waals surface area contributed by atoms with Crippen molar-refractivity contribution in [1.29, 1.82) is 0 Å². The highest BCUT2D eigenvalue weighted by Crippen LogP contribution is 2.43. The van der Waals surface area contributed by atoms with E-state index in [2.05, 4.69) is 40.5 Å². The van der Waals surface area contributed by atoms with Crippen molar-refractivity contribution in [3.8, 4) is 0 Å². The number of aliphatic carboxylic acids is 1. The van der Waals surface area contributed by atoms with Crippen LogP contribution in [0.4, 0.5) is 0 Å². The number of hydrogen-bond donors (Lipinski definition) is 1. The van der Waals surface area contributed by atoms with Crippen molar-refractivity contribution in [2.24, 2.45) is 0 Å². The molecule has 5 nitrogen and oxygen atoms in total. The Morgan fingerprint density at radius 3 is 2.68 bits per heavy atom. The van der Waals surface area contributed by atoms with Crippen LogP contribution >= 0.6 is 23.4 Å². The van der Waals surface area contributed by atoms with Crippen molar-refractivity contribution >= 4 is 40.1 Å². The van der Waals surface area contributed by atoms with Crippen LogP contribution in [0.1, 0.15) is 29.9 Å². The predicted molar refractivity (Wildman–Crippen MR) is 98.4 cm³/mol. The van der Waals surface area contributed by atoms with Crippen molar-refractivity contribution < 1.29 is 9.90 Å². The number of carbonyl (C=O) groups is 1. The van der Waals surface area contributed by atoms with Gasteiger partial charge in [-0.3, -0.25) is 9.36 Å². The van der Waals surface area contributed by atoms with E-state index in [0.29, 0.717) is 17.6 Å². The fourth-order valence-electron chi connectivity index (χ4n) is 3.08. The molecule has 1 aromatic heterocycles. The molecule has 4 rings (SSSR count). The summed E-state index contributed by atoms with van der Waals surface area (Å²) in [5.74, 6) is -0.287. The second-order valence-corrected chi connectivity index (χ2v) is 7.43. The van der Waals surface area contributed by atoms with E-state index in [9.17, 15) is 4.79 Å². The lowest BCUT2D eigenvalue weighted by Gasteiger charge is -2.13. The number of benzene rings is 2. The molecule has 0 bridgehead atoms. The number of nitrogens with zero attached hydrogens (tertiary/aromatic N) is 3. The SMILES string of the molecule is O=C(O)CSc1nnc(Cl)n1Cc1ccc(C2CC2)c2ccccc12. The minimum Gasteiger partial charge on any atom is -0.481 e. The first-order valence-electron chi connectivity index (χ1n) is 8.07. The summed E-state index contributed by atoms with van der Waals surface area (Å²) in [6.07, 6.45) is 2.52. The van der Waals surface area contributed by atoms with E-state index in [1.807, 2.05) is 6.07 Å². The van der Waals surface area contributed by atoms with Crippen molar-refractivity contribution in [2.75, 3.05) is 5.75 Å². The Bertz CT molecular complexity index is 953. The van der Waals surface area contributed by atoms with Gasteiger partial charge >= 0.3 is 5.97 Å². The Balaban J connectivity index is 1.71. The molecule has 0 spiro atoms. The minimum absolute atomic E-state index is 0.0730. The zero-order valence-corrected chi connectivity index (χ0v) is 14.9. The van der Waals surface area contributed by atoms with Crippen molar-refractivity contribution in [1.82, 2.24) is 14.8 Å². The number of aromatic nitrogens is 3. The number of carboxylic acids is 1. The molecule has 2 aromatic carbocycles. The van der Waals surface area contributed by atoms with E-state index in [0.717, 1.165) is 17.3 Å². The van der Waals surface area contributed by atoms with Crippen molar-refractivity contribution in [2.45, 2.75) is 30.5 Å². The highest BCUT2D eigenvalue weighted by molar-refractivity contribution is 7.99. The topological polar surface area (TPSA) is 68.0 Å². The van der Waals surface area contributed by atoms with E-state index in [1.54, 1.807) is 4.57 Å². The molecular weight excluding hydrogens is 358 g/mol. The lowest BCUT2D eigenvalue weighted by atomic mass is 9.97. The first kappa shape index (κ1) is 16.4. The highest BCUT2D eigenvalue weighted by Gasteiger charge is 2.25. The maximum absolute atomic E-state index is 10.8. The lowest BCUT2D eigenvalue weighted by Crippen LogP contribution is -2.05. The van der Waals surface area contributed by atoms with Crippen LogP contribution in [0.2, 0.25) is 5.28 Å². The summed E-state index contributed by atoms with van der Waals surface area (Å²) in [7, 11) is 0. The molecule has 0 atom stereocenters. The van der Waals surface area contributed by atoms with Crippen LogP contribution in [0.3, 0.4) is 0 Å². The third kappa shape index (κ3) is 3.37. The molecule has 1 fully saturated rings. The summed E-state index contributed by atoms with van der Waals surface area (Å²) in [4.78, 5) is 10.8. The first-order valence-corrected chi connectivity index (χ1v) is 9.43. The molecule has 1 aliphatic carbocycles. The zero-order valence-electron chi connectivity index (χ0n) is 13.4. The second kappa shape index (κ2) is 6.69. The maximum atomic E-state index is 10.8. The second-order valence-electron chi connectivity index (χ2n) is 6.15. The van der Waals surface area contributed by atoms with Gasteiger partial charge in [0.1, 0.15) is 0 Å². The summed E-state index contributed by atoms with van der Waals surface area (Å²) in [6, 6.07) is 12.7. The first-order chi connectivity index (χ1) is 12.1. The van der Waals surface area contributed by atoms with E-state index in [4.69, 9.17) is 16.7 Å². The fourth-order valence-corrected chi connectivity index (χ4v) is 3.97. The maximum Gasteiger partial charge on any atom is 0.313 e. The number of carboxylic acid groups (broad SMARTS) is 1. The molecule has 1 N–H and O–H groups in total. The average Bonchev–Trinajstić information content (AvgIpc) is 3.39. The molecule has 1 heterocycles. The Hall–Kier alpha value is -2.05. The van der Waals surface area contributed by atoms with Gasteiger partial charge in [0, 0.05) is 0 Å². The van der Waals surface area contributed by atoms with Crippen molar-refractivity contribution in [3.05, 3.63) is 52.8 Å². The summed E-state index contributed by atoms with van der Waals surface area (Å²) in [6.45, 7) is 0.513. The fraction of sp³-hybridized carbons (Fsp3) is 0.278. The van der Waals surface area contributed by atoms with Gasteiger partial charge in [0.2, 0.25) is 5.28 Å². The number of fused-ring (bicyclic) bond motifs is 1. The van der Waals surface area contributed by atoms with E-state index < -0.39 is 5.97 Å². The molecule has 0 amide bonds. The van der Waals surface area contributed by atoms with Gasteiger partial charge < -0.3 is 5.11 Å². The van der Waals surface area contributed by atoms with Gasteiger partial charge in [0.25, 0.3) is 0 Å². The highest BCUT2D eigenvalue weighted by atomic mass is 35.5. The predicted octanol–water partition coefficient (Wildman–Crippen LogP) is 4.19. The molecule has 0 aliphatic heterocycles. The molecule has 1 aliphatic rings. The normalized spacial score (nSPS) is 14.1. The largest absolute Gasteiger partial charge is 0.481 e. The van der Waals surface area contributed by atoms with Gasteiger partial charge in [-0.1, -0.05) is 48.2 Å². The Morgan fingerprint density at radius 2 is 1.96 bits per heavy atom. The standard InChI is InChI=1S/C18H16ClN3O2S/c19-17-20-21-18(25-10-16(23)24)22(17)9-12-7-8-14(11-5-6-11)15-4-2-1-3-13(12)15/h1-4,7-8,11H,5-6,9-10H2,(H,23,24). The third-order valence-electron chi connectivity index (χ3n) is 4.39. The van der Waals surface area contributed by atoms with Crippen LogP contribution < -0.4 is 0 Å². The van der Waals surface area contributed by atoms with E-state index in [1.165, 1.54) is 29.2 Å². The quantitative estimate of drug-likeness (QED) is 0.656. The summed E-state index contributed by atoms with van der Waals surface area (Å²) in [5, 5.41) is 20.0. The van der Waals surface area contributed by atoms with Crippen LogP contribution in [0.25, 0.3) is 10.8 Å². The monoisotopic (exact) mass is 373 g/mol. The molecular formula is C18H16ClN3O2S. The van der Waals surface area contributed by atoms with Crippen molar-refractivity contribution in [3.63, 3.8) is 0 Å². The van der Waals surface area contributed by atoms with Crippen LogP contribution in [0.15, 0.2) is 41.6 Å². The van der Waals surface area contributed by atoms with Gasteiger partial charge in [0.15, 0.2) is 5.16 Å². The average molecular weight is 374 g/mol. The molecule has 25 heavy (non-hydrogen) atoms. The number of halogens is 1. The van der Waals surface area contributed by atoms with Gasteiger partial charge in [0.05, 0.1) is 12.3 Å². The lowest BCUT2D eigenvalue weighted by molar-refractivity contribution is -0.133. The molecule has 0 unspecified atom stereocenters. The number of hydrogen-bond acceptors (Lipinski definition) is 4. The minimum atomic E-state index is -0.894. The molecule has 1 saturated carbocycles. The molecule has 128 valence electrons. The van der Waals surface area contributed by atoms with Crippen LogP contribution in [-0.2, 0) is 11.3 Å². The van der Waals surface area contributed by atoms with Gasteiger partial charge in [-0.25, -0.2) is 0 Å². The number of rotatable bonds is 6. The Kier molecular flexibility index (Phi) is 4.39. The zero-order chi connectivity index (χ0) is 17.4. The van der Waals surface area contributed by atoms with Gasteiger partial charge in [-0.2, -0.15) is 0 Å².